The number of hydrogen-bond acceptors (Lipinski definition) is 7. The molecular weight excluding hydrogens is 503 g/mol. The zero-order valence-corrected chi connectivity index (χ0v) is 21.4. The van der Waals surface area contributed by atoms with Crippen LogP contribution in [0.25, 0.3) is 0 Å². The van der Waals surface area contributed by atoms with Crippen molar-refractivity contribution in [1.29, 1.82) is 0 Å². The predicted molar refractivity (Wildman–Crippen MR) is 142 cm³/mol. The summed E-state index contributed by atoms with van der Waals surface area (Å²) in [7, 11) is 3.16. The highest BCUT2D eigenvalue weighted by Gasteiger charge is 2.22. The van der Waals surface area contributed by atoms with E-state index in [0.717, 1.165) is 29.8 Å². The van der Waals surface area contributed by atoms with E-state index in [-0.39, 0.29) is 16.8 Å². The molecule has 11 heteroatoms. The monoisotopic (exact) mass is 528 g/mol. The fourth-order valence-electron chi connectivity index (χ4n) is 3.99. The van der Waals surface area contributed by atoms with Crippen LogP contribution in [0.2, 0.25) is 10.0 Å². The largest absolute Gasteiger partial charge is 0.383 e. The van der Waals surface area contributed by atoms with Crippen LogP contribution in [0.5, 0.6) is 0 Å². The summed E-state index contributed by atoms with van der Waals surface area (Å²) in [6.07, 6.45) is 3.51. The van der Waals surface area contributed by atoms with E-state index in [0.29, 0.717) is 47.6 Å². The molecule has 2 aromatic carbocycles. The average Bonchev–Trinajstić information content (AvgIpc) is 3.02. The lowest BCUT2D eigenvalue weighted by atomic mass is 10.1. The second kappa shape index (κ2) is 11.6. The van der Waals surface area contributed by atoms with Crippen molar-refractivity contribution in [2.75, 3.05) is 42.8 Å². The number of hydrogen-bond donors (Lipinski definition) is 3. The van der Waals surface area contributed by atoms with Crippen LogP contribution in [-0.2, 0) is 16.0 Å². The molecule has 0 aliphatic carbocycles. The Labute approximate surface area is 219 Å². The number of carbonyl (C=O) groups is 2. The van der Waals surface area contributed by atoms with Crippen molar-refractivity contribution < 1.29 is 14.3 Å². The summed E-state index contributed by atoms with van der Waals surface area (Å²) in [5.41, 5.74) is 3.45. The highest BCUT2D eigenvalue weighted by Crippen LogP contribution is 2.33. The van der Waals surface area contributed by atoms with E-state index in [1.165, 1.54) is 6.20 Å². The summed E-state index contributed by atoms with van der Waals surface area (Å²) < 4.78 is 5.18. The first kappa shape index (κ1) is 25.7. The molecule has 0 radical (unpaired) electrons. The van der Waals surface area contributed by atoms with Gasteiger partial charge in [-0.2, -0.15) is 4.98 Å². The van der Waals surface area contributed by atoms with E-state index in [1.807, 2.05) is 18.2 Å². The van der Waals surface area contributed by atoms with E-state index in [9.17, 15) is 9.59 Å². The maximum atomic E-state index is 12.6. The van der Waals surface area contributed by atoms with Crippen LogP contribution in [-0.4, -0.2) is 49.1 Å². The van der Waals surface area contributed by atoms with Gasteiger partial charge in [-0.1, -0.05) is 29.3 Å². The van der Waals surface area contributed by atoms with Crippen LogP contribution in [0, 0.1) is 0 Å². The highest BCUT2D eigenvalue weighted by molar-refractivity contribution is 6.35. The second-order valence-corrected chi connectivity index (χ2v) is 8.93. The lowest BCUT2D eigenvalue weighted by molar-refractivity contribution is -0.118. The number of ether oxygens (including phenoxy) is 1. The van der Waals surface area contributed by atoms with Gasteiger partial charge in [0.2, 0.25) is 11.9 Å². The van der Waals surface area contributed by atoms with Crippen LogP contribution in [0.15, 0.2) is 42.6 Å². The summed E-state index contributed by atoms with van der Waals surface area (Å²) in [6, 6.07) is 10.8. The SMILES string of the molecule is CNC(=O)c1cccc(Cl)c1Nc1nc(Nc2ccc3c(c2)CCCC(=O)N3CCOC)ncc1Cl. The molecule has 3 N–H and O–H groups in total. The maximum Gasteiger partial charge on any atom is 0.253 e. The summed E-state index contributed by atoms with van der Waals surface area (Å²) in [4.78, 5) is 35.4. The van der Waals surface area contributed by atoms with Gasteiger partial charge in [-0.3, -0.25) is 9.59 Å². The van der Waals surface area contributed by atoms with Crippen molar-refractivity contribution in [1.82, 2.24) is 15.3 Å². The number of halogens is 2. The molecule has 3 aromatic rings. The molecule has 1 aromatic heterocycles. The number of anilines is 5. The zero-order chi connectivity index (χ0) is 25.7. The lowest BCUT2D eigenvalue weighted by Crippen LogP contribution is -2.33. The van der Waals surface area contributed by atoms with Gasteiger partial charge in [0.1, 0.15) is 5.02 Å². The Morgan fingerprint density at radius 3 is 2.75 bits per heavy atom. The molecule has 1 aliphatic heterocycles. The van der Waals surface area contributed by atoms with E-state index in [2.05, 4.69) is 25.9 Å². The molecule has 0 unspecified atom stereocenters. The number of aromatic nitrogens is 2. The molecule has 0 fully saturated rings. The summed E-state index contributed by atoms with van der Waals surface area (Å²) in [6.45, 7) is 0.969. The Hall–Kier alpha value is -3.40. The van der Waals surface area contributed by atoms with Crippen molar-refractivity contribution in [2.24, 2.45) is 0 Å². The molecular formula is C25H26Cl2N6O3. The van der Waals surface area contributed by atoms with E-state index >= 15 is 0 Å². The summed E-state index contributed by atoms with van der Waals surface area (Å²) >= 11 is 12.7. The average molecular weight is 529 g/mol. The topological polar surface area (TPSA) is 108 Å². The number of amides is 2. The Morgan fingerprint density at radius 2 is 1.97 bits per heavy atom. The molecule has 2 amide bonds. The summed E-state index contributed by atoms with van der Waals surface area (Å²) in [5, 5.41) is 9.47. The summed E-state index contributed by atoms with van der Waals surface area (Å²) in [5.74, 6) is 0.389. The minimum Gasteiger partial charge on any atom is -0.383 e. The minimum absolute atomic E-state index is 0.0963. The van der Waals surface area contributed by atoms with E-state index < -0.39 is 0 Å². The van der Waals surface area contributed by atoms with Gasteiger partial charge in [0.15, 0.2) is 5.82 Å². The van der Waals surface area contributed by atoms with Crippen LogP contribution in [0.1, 0.15) is 28.8 Å². The molecule has 2 heterocycles. The number of nitrogens with one attached hydrogen (secondary N) is 3. The number of aryl methyl sites for hydroxylation is 1. The number of carbonyl (C=O) groups excluding carboxylic acids is 2. The molecule has 9 nitrogen and oxygen atoms in total. The Bertz CT molecular complexity index is 1290. The van der Waals surface area contributed by atoms with Crippen molar-refractivity contribution in [3.8, 4) is 0 Å². The minimum atomic E-state index is -0.300. The first-order valence-corrected chi connectivity index (χ1v) is 12.2. The number of nitrogens with zero attached hydrogens (tertiary/aromatic N) is 3. The van der Waals surface area contributed by atoms with Gasteiger partial charge in [0.25, 0.3) is 5.91 Å². The van der Waals surface area contributed by atoms with Gasteiger partial charge in [-0.25, -0.2) is 4.98 Å². The number of methoxy groups -OCH3 is 1. The molecule has 188 valence electrons. The van der Waals surface area contributed by atoms with Crippen LogP contribution >= 0.6 is 23.2 Å². The third kappa shape index (κ3) is 5.70. The van der Waals surface area contributed by atoms with Crippen molar-refractivity contribution in [2.45, 2.75) is 19.3 Å². The fourth-order valence-corrected chi connectivity index (χ4v) is 4.35. The normalized spacial score (nSPS) is 13.1. The maximum absolute atomic E-state index is 12.6. The fraction of sp³-hybridized carbons (Fsp3) is 0.280. The lowest BCUT2D eigenvalue weighted by Gasteiger charge is -2.23. The molecule has 0 saturated heterocycles. The van der Waals surface area contributed by atoms with Crippen molar-refractivity contribution in [3.63, 3.8) is 0 Å². The van der Waals surface area contributed by atoms with Gasteiger partial charge in [-0.15, -0.1) is 0 Å². The van der Waals surface area contributed by atoms with E-state index in [4.69, 9.17) is 27.9 Å². The molecule has 0 spiro atoms. The van der Waals surface area contributed by atoms with Crippen molar-refractivity contribution >= 4 is 63.8 Å². The van der Waals surface area contributed by atoms with Gasteiger partial charge >= 0.3 is 0 Å². The van der Waals surface area contributed by atoms with Crippen LogP contribution in [0.4, 0.5) is 28.8 Å². The predicted octanol–water partition coefficient (Wildman–Crippen LogP) is 4.95. The first-order chi connectivity index (χ1) is 17.4. The van der Waals surface area contributed by atoms with Gasteiger partial charge in [-0.05, 0) is 48.7 Å². The molecule has 1 aliphatic rings. The highest BCUT2D eigenvalue weighted by atomic mass is 35.5. The first-order valence-electron chi connectivity index (χ1n) is 11.4. The molecule has 0 bridgehead atoms. The van der Waals surface area contributed by atoms with E-state index in [1.54, 1.807) is 37.3 Å². The Morgan fingerprint density at radius 1 is 1.14 bits per heavy atom. The van der Waals surface area contributed by atoms with Crippen LogP contribution < -0.4 is 20.9 Å². The standard InChI is InChI=1S/C25H26Cl2N6O3/c1-28-24(35)17-6-4-7-18(26)22(17)31-23-19(27)14-29-25(32-23)30-16-9-10-20-15(13-16)5-3-8-21(34)33(20)11-12-36-2/h4,6-7,9-10,13-14H,3,5,8,11-12H2,1-2H3,(H,28,35)(H2,29,30,31,32). The molecule has 0 saturated carbocycles. The zero-order valence-electron chi connectivity index (χ0n) is 19.9. The molecule has 36 heavy (non-hydrogen) atoms. The Kier molecular flexibility index (Phi) is 8.25. The van der Waals surface area contributed by atoms with Gasteiger partial charge in [0.05, 0.1) is 29.1 Å². The molecule has 0 atom stereocenters. The number of fused-ring (bicyclic) bond motifs is 1. The van der Waals surface area contributed by atoms with Gasteiger partial charge < -0.3 is 25.6 Å². The quantitative estimate of drug-likeness (QED) is 0.379. The number of rotatable bonds is 8. The molecule has 4 rings (SSSR count). The second-order valence-electron chi connectivity index (χ2n) is 8.12. The third-order valence-electron chi connectivity index (χ3n) is 5.76. The number of para-hydroxylation sites is 1. The van der Waals surface area contributed by atoms with Gasteiger partial charge in [0, 0.05) is 38.5 Å². The number of benzene rings is 2. The Balaban J connectivity index is 1.60. The third-order valence-corrected chi connectivity index (χ3v) is 6.35. The smallest absolute Gasteiger partial charge is 0.253 e. The van der Waals surface area contributed by atoms with Crippen molar-refractivity contribution in [3.05, 3.63) is 63.8 Å². The van der Waals surface area contributed by atoms with Crippen LogP contribution in [0.3, 0.4) is 0 Å².